The second kappa shape index (κ2) is 10.4. The van der Waals surface area contributed by atoms with E-state index in [-0.39, 0.29) is 12.7 Å². The largest absolute Gasteiger partial charge is 0.490 e. The van der Waals surface area contributed by atoms with Gasteiger partial charge in [-0.25, -0.2) is 4.98 Å². The van der Waals surface area contributed by atoms with Crippen LogP contribution in [0.15, 0.2) is 36.4 Å². The van der Waals surface area contributed by atoms with Crippen LogP contribution in [-0.2, 0) is 6.42 Å². The van der Waals surface area contributed by atoms with Gasteiger partial charge >= 0.3 is 0 Å². The fraction of sp³-hybridized carbons (Fsp3) is 0.423. The van der Waals surface area contributed by atoms with Crippen LogP contribution in [0.5, 0.6) is 5.75 Å². The van der Waals surface area contributed by atoms with Gasteiger partial charge in [-0.3, -0.25) is 4.90 Å². The lowest BCUT2D eigenvalue weighted by Gasteiger charge is -2.28. The van der Waals surface area contributed by atoms with Crippen molar-refractivity contribution in [3.8, 4) is 33.8 Å². The molecule has 0 unspecified atom stereocenters. The molecule has 0 radical (unpaired) electrons. The van der Waals surface area contributed by atoms with Crippen molar-refractivity contribution in [3.05, 3.63) is 53.1 Å². The first-order chi connectivity index (χ1) is 16.0. The van der Waals surface area contributed by atoms with Crippen molar-refractivity contribution >= 4 is 11.5 Å². The molecular formula is C26H30N4O2S. The quantitative estimate of drug-likeness (QED) is 0.469. The monoisotopic (exact) mass is 462 g/mol. The number of aliphatic hydroxyl groups excluding tert-OH is 1. The van der Waals surface area contributed by atoms with Gasteiger partial charge in [0.25, 0.3) is 0 Å². The van der Waals surface area contributed by atoms with Crippen LogP contribution in [0.4, 0.5) is 0 Å². The molecule has 0 saturated carbocycles. The molecule has 0 fully saturated rings. The Bertz CT molecular complexity index is 1150. The minimum atomic E-state index is 0.00529. The molecule has 0 spiro atoms. The average molecular weight is 463 g/mol. The molecule has 172 valence electrons. The maximum Gasteiger partial charge on any atom is 0.173 e. The molecular weight excluding hydrogens is 432 g/mol. The highest BCUT2D eigenvalue weighted by Gasteiger charge is 2.30. The summed E-state index contributed by atoms with van der Waals surface area (Å²) in [7, 11) is 0. The molecule has 1 aliphatic rings. The van der Waals surface area contributed by atoms with Crippen LogP contribution in [0, 0.1) is 11.3 Å². The summed E-state index contributed by atoms with van der Waals surface area (Å²) in [5, 5.41) is 19.9. The van der Waals surface area contributed by atoms with Crippen molar-refractivity contribution in [3.63, 3.8) is 0 Å². The molecule has 0 aliphatic heterocycles. The van der Waals surface area contributed by atoms with E-state index in [0.29, 0.717) is 23.9 Å². The maximum absolute atomic E-state index is 9.56. The van der Waals surface area contributed by atoms with Crippen molar-refractivity contribution < 1.29 is 9.84 Å². The Kier molecular flexibility index (Phi) is 7.39. The normalized spacial score (nSPS) is 15.1. The number of hydrogen-bond donors (Lipinski definition) is 1. The Balaban J connectivity index is 1.64. The van der Waals surface area contributed by atoms with Crippen LogP contribution in [-0.4, -0.2) is 45.2 Å². The molecule has 6 nitrogen and oxygen atoms in total. The number of fused-ring (bicyclic) bond motifs is 1. The van der Waals surface area contributed by atoms with Gasteiger partial charge in [0.1, 0.15) is 16.8 Å². The number of benzene rings is 2. The number of nitrogens with zero attached hydrogens (tertiary/aromatic N) is 4. The first-order valence-electron chi connectivity index (χ1n) is 11.6. The van der Waals surface area contributed by atoms with Gasteiger partial charge in [0.2, 0.25) is 0 Å². The van der Waals surface area contributed by atoms with Gasteiger partial charge in [-0.1, -0.05) is 25.1 Å². The fourth-order valence-corrected chi connectivity index (χ4v) is 5.29. The summed E-state index contributed by atoms with van der Waals surface area (Å²) >= 11 is 1.35. The molecule has 1 N–H and O–H groups in total. The van der Waals surface area contributed by atoms with Gasteiger partial charge in [-0.2, -0.15) is 9.64 Å². The lowest BCUT2D eigenvalue weighted by Crippen LogP contribution is -2.31. The third-order valence-corrected chi connectivity index (χ3v) is 6.72. The highest BCUT2D eigenvalue weighted by molar-refractivity contribution is 7.09. The summed E-state index contributed by atoms with van der Waals surface area (Å²) in [6.07, 6.45) is 3.10. The number of nitriles is 1. The Hall–Kier alpha value is -2.79. The fourth-order valence-electron chi connectivity index (χ4n) is 4.62. The number of rotatable bonds is 9. The van der Waals surface area contributed by atoms with E-state index in [1.807, 2.05) is 32.0 Å². The number of aliphatic hydroxyl groups is 1. The van der Waals surface area contributed by atoms with Crippen LogP contribution in [0.2, 0.25) is 0 Å². The molecule has 0 bridgehead atoms. The predicted molar refractivity (Wildman–Crippen MR) is 131 cm³/mol. The van der Waals surface area contributed by atoms with E-state index in [4.69, 9.17) is 9.72 Å². The van der Waals surface area contributed by atoms with Gasteiger partial charge < -0.3 is 9.84 Å². The SMILES string of the molecule is CCCN(CCO)[C@H]1CCc2c(-c3nsc(-c4ccc(OC(C)C)c(C#N)c4)n3)cccc21. The van der Waals surface area contributed by atoms with Crippen LogP contribution in [0.25, 0.3) is 22.0 Å². The molecule has 1 atom stereocenters. The molecule has 1 heterocycles. The first kappa shape index (κ1) is 23.4. The Morgan fingerprint density at radius 2 is 2.12 bits per heavy atom. The molecule has 2 aromatic carbocycles. The van der Waals surface area contributed by atoms with Crippen LogP contribution >= 0.6 is 11.5 Å². The first-order valence-corrected chi connectivity index (χ1v) is 12.3. The Morgan fingerprint density at radius 3 is 2.85 bits per heavy atom. The number of hydrogen-bond acceptors (Lipinski definition) is 7. The predicted octanol–water partition coefficient (Wildman–Crippen LogP) is 5.22. The maximum atomic E-state index is 9.56. The molecule has 3 aromatic rings. The molecule has 1 aromatic heterocycles. The van der Waals surface area contributed by atoms with E-state index in [1.54, 1.807) is 0 Å². The third kappa shape index (κ3) is 4.93. The Morgan fingerprint density at radius 1 is 1.27 bits per heavy atom. The van der Waals surface area contributed by atoms with Crippen LogP contribution in [0.3, 0.4) is 0 Å². The summed E-state index contributed by atoms with van der Waals surface area (Å²) in [4.78, 5) is 7.23. The van der Waals surface area contributed by atoms with E-state index in [1.165, 1.54) is 22.7 Å². The third-order valence-electron chi connectivity index (χ3n) is 5.95. The van der Waals surface area contributed by atoms with Crippen molar-refractivity contribution in [2.24, 2.45) is 0 Å². The van der Waals surface area contributed by atoms with Gasteiger partial charge in [-0.15, -0.1) is 0 Å². The summed E-state index contributed by atoms with van der Waals surface area (Å²) in [5.74, 6) is 1.32. The standard InChI is InChI=1S/C26H30N4O2S/c1-4-12-30(13-14-31)23-10-9-20-21(23)6-5-7-22(20)25-28-26(33-29-25)18-8-11-24(32-17(2)3)19(15-18)16-27/h5-8,11,15,17,23,31H,4,9-10,12-14H2,1-3H3/t23-/m0/s1. The zero-order valence-electron chi connectivity index (χ0n) is 19.4. The van der Waals surface area contributed by atoms with E-state index in [0.717, 1.165) is 47.8 Å². The zero-order valence-corrected chi connectivity index (χ0v) is 20.2. The second-order valence-electron chi connectivity index (χ2n) is 8.60. The molecule has 1 aliphatic carbocycles. The van der Waals surface area contributed by atoms with E-state index >= 15 is 0 Å². The zero-order chi connectivity index (χ0) is 23.4. The topological polar surface area (TPSA) is 82.3 Å². The number of aromatic nitrogens is 2. The van der Waals surface area contributed by atoms with E-state index < -0.39 is 0 Å². The van der Waals surface area contributed by atoms with E-state index in [9.17, 15) is 10.4 Å². The number of ether oxygens (including phenoxy) is 1. The molecule has 0 saturated heterocycles. The smallest absolute Gasteiger partial charge is 0.173 e. The molecule has 7 heteroatoms. The van der Waals surface area contributed by atoms with Crippen LogP contribution in [0.1, 0.15) is 56.3 Å². The summed E-state index contributed by atoms with van der Waals surface area (Å²) in [5.41, 5.74) is 5.09. The lowest BCUT2D eigenvalue weighted by atomic mass is 10.0. The van der Waals surface area contributed by atoms with Crippen LogP contribution < -0.4 is 4.74 Å². The molecule has 33 heavy (non-hydrogen) atoms. The van der Waals surface area contributed by atoms with Crippen molar-refractivity contribution in [1.29, 1.82) is 5.26 Å². The summed E-state index contributed by atoms with van der Waals surface area (Å²) < 4.78 is 10.4. The average Bonchev–Trinajstić information content (AvgIpc) is 3.46. The molecule has 4 rings (SSSR count). The summed E-state index contributed by atoms with van der Waals surface area (Å²) in [6.45, 7) is 7.91. The minimum Gasteiger partial charge on any atom is -0.490 e. The lowest BCUT2D eigenvalue weighted by molar-refractivity contribution is 0.150. The Labute approximate surface area is 199 Å². The van der Waals surface area contributed by atoms with Crippen molar-refractivity contribution in [2.75, 3.05) is 19.7 Å². The highest BCUT2D eigenvalue weighted by atomic mass is 32.1. The minimum absolute atomic E-state index is 0.00529. The molecule has 0 amide bonds. The van der Waals surface area contributed by atoms with Gasteiger partial charge in [0, 0.05) is 23.7 Å². The van der Waals surface area contributed by atoms with Gasteiger partial charge in [0.05, 0.1) is 18.3 Å². The second-order valence-corrected chi connectivity index (χ2v) is 9.35. The van der Waals surface area contributed by atoms with Gasteiger partial charge in [0.15, 0.2) is 5.82 Å². The van der Waals surface area contributed by atoms with E-state index in [2.05, 4.69) is 40.5 Å². The highest BCUT2D eigenvalue weighted by Crippen LogP contribution is 2.41. The van der Waals surface area contributed by atoms with Crippen molar-refractivity contribution in [1.82, 2.24) is 14.3 Å². The van der Waals surface area contributed by atoms with Crippen molar-refractivity contribution in [2.45, 2.75) is 52.2 Å². The summed E-state index contributed by atoms with van der Waals surface area (Å²) in [6, 6.07) is 14.5. The van der Waals surface area contributed by atoms with Gasteiger partial charge in [-0.05, 0) is 80.5 Å².